The summed E-state index contributed by atoms with van der Waals surface area (Å²) >= 11 is 0. The van der Waals surface area contributed by atoms with Crippen molar-refractivity contribution in [2.75, 3.05) is 19.0 Å². The summed E-state index contributed by atoms with van der Waals surface area (Å²) in [6, 6.07) is 12.9. The SMILES string of the molecule is Cc1cccc(N(C)C(=O)c2ccc(CN(C)C(=O)C(C)C)cc2)n1. The second kappa shape index (κ2) is 7.92. The van der Waals surface area contributed by atoms with Crippen molar-refractivity contribution < 1.29 is 9.59 Å². The summed E-state index contributed by atoms with van der Waals surface area (Å²) in [6.45, 7) is 6.19. The molecule has 1 heterocycles. The van der Waals surface area contributed by atoms with E-state index < -0.39 is 0 Å². The van der Waals surface area contributed by atoms with Crippen molar-refractivity contribution in [1.29, 1.82) is 0 Å². The van der Waals surface area contributed by atoms with Gasteiger partial charge in [-0.3, -0.25) is 14.5 Å². The fourth-order valence-electron chi connectivity index (χ4n) is 2.56. The highest BCUT2D eigenvalue weighted by Crippen LogP contribution is 2.15. The van der Waals surface area contributed by atoms with Crippen LogP contribution in [0.2, 0.25) is 0 Å². The quantitative estimate of drug-likeness (QED) is 0.840. The number of hydrogen-bond acceptors (Lipinski definition) is 3. The minimum absolute atomic E-state index is 0.0265. The van der Waals surface area contributed by atoms with Crippen molar-refractivity contribution >= 4 is 17.6 Å². The van der Waals surface area contributed by atoms with E-state index in [1.165, 1.54) is 4.90 Å². The molecule has 0 radical (unpaired) electrons. The topological polar surface area (TPSA) is 53.5 Å². The zero-order chi connectivity index (χ0) is 18.6. The minimum atomic E-state index is -0.115. The molecule has 0 bridgehead atoms. The van der Waals surface area contributed by atoms with E-state index in [1.807, 2.05) is 51.1 Å². The number of anilines is 1. The van der Waals surface area contributed by atoms with Crippen LogP contribution in [-0.4, -0.2) is 35.8 Å². The van der Waals surface area contributed by atoms with Crippen molar-refractivity contribution in [2.45, 2.75) is 27.3 Å². The van der Waals surface area contributed by atoms with Crippen LogP contribution in [-0.2, 0) is 11.3 Å². The Morgan fingerprint density at radius 3 is 2.24 bits per heavy atom. The van der Waals surface area contributed by atoms with E-state index in [0.717, 1.165) is 11.3 Å². The Balaban J connectivity index is 2.08. The summed E-state index contributed by atoms with van der Waals surface area (Å²) < 4.78 is 0. The van der Waals surface area contributed by atoms with E-state index in [0.29, 0.717) is 17.9 Å². The number of carbonyl (C=O) groups excluding carboxylic acids is 2. The molecule has 0 N–H and O–H groups in total. The number of benzene rings is 1. The Labute approximate surface area is 149 Å². The van der Waals surface area contributed by atoms with Crippen LogP contribution >= 0.6 is 0 Å². The maximum Gasteiger partial charge on any atom is 0.259 e. The fraction of sp³-hybridized carbons (Fsp3) is 0.350. The van der Waals surface area contributed by atoms with Gasteiger partial charge in [-0.2, -0.15) is 0 Å². The standard InChI is InChI=1S/C20H25N3O2/c1-14(2)19(24)22(4)13-16-9-11-17(12-10-16)20(25)23(5)18-8-6-7-15(3)21-18/h6-12,14H,13H2,1-5H3. The molecule has 0 aliphatic rings. The first-order valence-corrected chi connectivity index (χ1v) is 8.35. The van der Waals surface area contributed by atoms with E-state index in [4.69, 9.17) is 0 Å². The number of hydrogen-bond donors (Lipinski definition) is 0. The van der Waals surface area contributed by atoms with Gasteiger partial charge in [0.2, 0.25) is 5.91 Å². The molecule has 0 aliphatic heterocycles. The summed E-state index contributed by atoms with van der Waals surface area (Å²) in [5.74, 6) is 0.583. The molecule has 1 aromatic heterocycles. The molecule has 2 amide bonds. The third kappa shape index (κ3) is 4.66. The number of amides is 2. The maximum atomic E-state index is 12.6. The lowest BCUT2D eigenvalue weighted by molar-refractivity contribution is -0.133. The Bertz CT molecular complexity index is 754. The van der Waals surface area contributed by atoms with Gasteiger partial charge in [-0.05, 0) is 36.8 Å². The number of aromatic nitrogens is 1. The summed E-state index contributed by atoms with van der Waals surface area (Å²) in [5, 5.41) is 0. The Kier molecular flexibility index (Phi) is 5.91. The predicted octanol–water partition coefficient (Wildman–Crippen LogP) is 3.28. The third-order valence-corrected chi connectivity index (χ3v) is 4.01. The molecular formula is C20H25N3O2. The van der Waals surface area contributed by atoms with Crippen molar-refractivity contribution in [1.82, 2.24) is 9.88 Å². The van der Waals surface area contributed by atoms with Crippen LogP contribution in [0.1, 0.15) is 35.5 Å². The van der Waals surface area contributed by atoms with Crippen LogP contribution in [0, 0.1) is 12.8 Å². The molecule has 132 valence electrons. The Morgan fingerprint density at radius 1 is 1.04 bits per heavy atom. The average Bonchev–Trinajstić information content (AvgIpc) is 2.60. The lowest BCUT2D eigenvalue weighted by atomic mass is 10.1. The van der Waals surface area contributed by atoms with Gasteiger partial charge in [-0.1, -0.05) is 32.0 Å². The van der Waals surface area contributed by atoms with Crippen molar-refractivity contribution in [3.8, 4) is 0 Å². The zero-order valence-corrected chi connectivity index (χ0v) is 15.5. The smallest absolute Gasteiger partial charge is 0.259 e. The molecule has 0 saturated heterocycles. The van der Waals surface area contributed by atoms with Gasteiger partial charge >= 0.3 is 0 Å². The highest BCUT2D eigenvalue weighted by Gasteiger charge is 2.16. The number of nitrogens with zero attached hydrogens (tertiary/aromatic N) is 3. The van der Waals surface area contributed by atoms with Crippen LogP contribution in [0.25, 0.3) is 0 Å². The molecule has 0 unspecified atom stereocenters. The largest absolute Gasteiger partial charge is 0.341 e. The highest BCUT2D eigenvalue weighted by molar-refractivity contribution is 6.05. The summed E-state index contributed by atoms with van der Waals surface area (Å²) in [5.41, 5.74) is 2.45. The van der Waals surface area contributed by atoms with E-state index in [-0.39, 0.29) is 17.7 Å². The van der Waals surface area contributed by atoms with Gasteiger partial charge in [0.1, 0.15) is 5.82 Å². The van der Waals surface area contributed by atoms with Crippen LogP contribution in [0.3, 0.4) is 0 Å². The van der Waals surface area contributed by atoms with Crippen molar-refractivity contribution in [2.24, 2.45) is 5.92 Å². The first-order chi connectivity index (χ1) is 11.8. The second-order valence-electron chi connectivity index (χ2n) is 6.55. The summed E-state index contributed by atoms with van der Waals surface area (Å²) in [6.07, 6.45) is 0. The van der Waals surface area contributed by atoms with E-state index >= 15 is 0 Å². The van der Waals surface area contributed by atoms with E-state index in [1.54, 1.807) is 31.1 Å². The first kappa shape index (κ1) is 18.6. The molecule has 0 saturated carbocycles. The van der Waals surface area contributed by atoms with Gasteiger partial charge in [0.05, 0.1) is 0 Å². The molecule has 0 atom stereocenters. The van der Waals surface area contributed by atoms with E-state index in [9.17, 15) is 9.59 Å². The summed E-state index contributed by atoms with van der Waals surface area (Å²) in [4.78, 5) is 32.2. The molecular weight excluding hydrogens is 314 g/mol. The van der Waals surface area contributed by atoms with Crippen LogP contribution < -0.4 is 4.90 Å². The predicted molar refractivity (Wildman–Crippen MR) is 99.5 cm³/mol. The highest BCUT2D eigenvalue weighted by atomic mass is 16.2. The van der Waals surface area contributed by atoms with E-state index in [2.05, 4.69) is 4.98 Å². The number of carbonyl (C=O) groups is 2. The molecule has 5 heteroatoms. The molecule has 1 aromatic carbocycles. The zero-order valence-electron chi connectivity index (χ0n) is 15.5. The van der Waals surface area contributed by atoms with Crippen molar-refractivity contribution in [3.05, 3.63) is 59.3 Å². The first-order valence-electron chi connectivity index (χ1n) is 8.35. The fourth-order valence-corrected chi connectivity index (χ4v) is 2.56. The Hall–Kier alpha value is -2.69. The lowest BCUT2D eigenvalue weighted by Crippen LogP contribution is -2.30. The monoisotopic (exact) mass is 339 g/mol. The molecule has 25 heavy (non-hydrogen) atoms. The van der Waals surface area contributed by atoms with Gasteiger partial charge in [-0.15, -0.1) is 0 Å². The molecule has 0 spiro atoms. The molecule has 5 nitrogen and oxygen atoms in total. The molecule has 2 rings (SSSR count). The van der Waals surface area contributed by atoms with Gasteiger partial charge in [-0.25, -0.2) is 4.98 Å². The number of rotatable bonds is 5. The van der Waals surface area contributed by atoms with Gasteiger partial charge in [0, 0.05) is 37.8 Å². The number of aryl methyl sites for hydroxylation is 1. The van der Waals surface area contributed by atoms with Crippen LogP contribution in [0.15, 0.2) is 42.5 Å². The maximum absolute atomic E-state index is 12.6. The second-order valence-corrected chi connectivity index (χ2v) is 6.55. The van der Waals surface area contributed by atoms with Gasteiger partial charge in [0.25, 0.3) is 5.91 Å². The lowest BCUT2D eigenvalue weighted by Gasteiger charge is -2.20. The molecule has 0 aliphatic carbocycles. The minimum Gasteiger partial charge on any atom is -0.341 e. The van der Waals surface area contributed by atoms with Gasteiger partial charge in [0.15, 0.2) is 0 Å². The summed E-state index contributed by atoms with van der Waals surface area (Å²) in [7, 11) is 3.51. The number of pyridine rings is 1. The Morgan fingerprint density at radius 2 is 1.68 bits per heavy atom. The third-order valence-electron chi connectivity index (χ3n) is 4.01. The van der Waals surface area contributed by atoms with Crippen LogP contribution in [0.5, 0.6) is 0 Å². The molecule has 2 aromatic rings. The van der Waals surface area contributed by atoms with Crippen LogP contribution in [0.4, 0.5) is 5.82 Å². The van der Waals surface area contributed by atoms with Crippen molar-refractivity contribution in [3.63, 3.8) is 0 Å². The molecule has 0 fully saturated rings. The normalized spacial score (nSPS) is 10.6. The average molecular weight is 339 g/mol. The van der Waals surface area contributed by atoms with Gasteiger partial charge < -0.3 is 4.90 Å².